The van der Waals surface area contributed by atoms with Gasteiger partial charge in [0.2, 0.25) is 10.0 Å². The van der Waals surface area contributed by atoms with E-state index in [-0.39, 0.29) is 17.5 Å². The molecule has 0 unspecified atom stereocenters. The molecule has 3 aromatic heterocycles. The van der Waals surface area contributed by atoms with Gasteiger partial charge >= 0.3 is 0 Å². The molecule has 0 aliphatic carbocycles. The van der Waals surface area contributed by atoms with Gasteiger partial charge in [-0.1, -0.05) is 0 Å². The first kappa shape index (κ1) is 20.5. The molecule has 160 valence electrons. The number of aromatic amines is 1. The standard InChI is InChI=1S/C19H25N7O3S/c1-13(27)9-24-30(28,29)15-3-4-17(21-10-15)25(2)14-6-8-26(11-14)19-16-5-7-20-18(16)22-12-23-19/h3-5,7,10,12-14,24,27H,6,8-9,11H2,1-2H3,(H,20,22,23)/t13-,14-/m1/s1. The Labute approximate surface area is 175 Å². The first-order valence-corrected chi connectivity index (χ1v) is 11.2. The van der Waals surface area contributed by atoms with E-state index in [4.69, 9.17) is 0 Å². The lowest BCUT2D eigenvalue weighted by Crippen LogP contribution is -2.35. The SMILES string of the molecule is C[C@@H](O)CNS(=O)(=O)c1ccc(N(C)[C@@H]2CCN(c3ncnc4[nH]ccc34)C2)nc1. The molecule has 0 aromatic carbocycles. The van der Waals surface area contributed by atoms with Crippen molar-refractivity contribution < 1.29 is 13.5 Å². The summed E-state index contributed by atoms with van der Waals surface area (Å²) in [5.74, 6) is 1.61. The second-order valence-corrected chi connectivity index (χ2v) is 9.26. The van der Waals surface area contributed by atoms with E-state index in [1.54, 1.807) is 12.4 Å². The van der Waals surface area contributed by atoms with E-state index in [0.717, 1.165) is 36.4 Å². The summed E-state index contributed by atoms with van der Waals surface area (Å²) >= 11 is 0. The van der Waals surface area contributed by atoms with Crippen LogP contribution in [0.25, 0.3) is 11.0 Å². The molecular formula is C19H25N7O3S. The smallest absolute Gasteiger partial charge is 0.242 e. The zero-order valence-electron chi connectivity index (χ0n) is 16.9. The van der Waals surface area contributed by atoms with Crippen LogP contribution in [-0.4, -0.2) is 72.3 Å². The number of rotatable bonds is 7. The Morgan fingerprint density at radius 1 is 1.33 bits per heavy atom. The van der Waals surface area contributed by atoms with Gasteiger partial charge in [0.25, 0.3) is 0 Å². The number of aromatic nitrogens is 4. The van der Waals surface area contributed by atoms with Crippen LogP contribution >= 0.6 is 0 Å². The van der Waals surface area contributed by atoms with Gasteiger partial charge in [-0.3, -0.25) is 0 Å². The van der Waals surface area contributed by atoms with Crippen molar-refractivity contribution in [3.8, 4) is 0 Å². The van der Waals surface area contributed by atoms with Gasteiger partial charge < -0.3 is 19.9 Å². The average molecular weight is 432 g/mol. The highest BCUT2D eigenvalue weighted by atomic mass is 32.2. The molecule has 0 amide bonds. The summed E-state index contributed by atoms with van der Waals surface area (Å²) < 4.78 is 26.9. The first-order valence-electron chi connectivity index (χ1n) is 9.75. The molecule has 11 heteroatoms. The van der Waals surface area contributed by atoms with Crippen LogP contribution in [0.15, 0.2) is 41.8 Å². The van der Waals surface area contributed by atoms with E-state index < -0.39 is 16.1 Å². The molecule has 1 aliphatic rings. The summed E-state index contributed by atoms with van der Waals surface area (Å²) in [6.07, 6.45) is 4.95. The minimum absolute atomic E-state index is 0.0423. The summed E-state index contributed by atoms with van der Waals surface area (Å²) in [6, 6.07) is 5.43. The zero-order valence-corrected chi connectivity index (χ0v) is 17.7. The molecule has 1 aliphatic heterocycles. The largest absolute Gasteiger partial charge is 0.392 e. The number of aliphatic hydroxyl groups is 1. The van der Waals surface area contributed by atoms with Crippen LogP contribution in [-0.2, 0) is 10.0 Å². The Morgan fingerprint density at radius 2 is 2.17 bits per heavy atom. The van der Waals surface area contributed by atoms with Gasteiger partial charge in [-0.25, -0.2) is 28.1 Å². The highest BCUT2D eigenvalue weighted by molar-refractivity contribution is 7.89. The van der Waals surface area contributed by atoms with Crippen LogP contribution in [0.1, 0.15) is 13.3 Å². The Balaban J connectivity index is 1.45. The van der Waals surface area contributed by atoms with Crippen LogP contribution in [0.5, 0.6) is 0 Å². The molecule has 3 aromatic rings. The third-order valence-corrected chi connectivity index (χ3v) is 6.71. The van der Waals surface area contributed by atoms with Crippen molar-refractivity contribution in [3.05, 3.63) is 36.9 Å². The number of H-pyrrole nitrogens is 1. The van der Waals surface area contributed by atoms with Crippen molar-refractivity contribution in [3.63, 3.8) is 0 Å². The molecule has 0 spiro atoms. The predicted molar refractivity (Wildman–Crippen MR) is 114 cm³/mol. The lowest BCUT2D eigenvalue weighted by atomic mass is 10.2. The summed E-state index contributed by atoms with van der Waals surface area (Å²) in [5, 5.41) is 10.3. The van der Waals surface area contributed by atoms with Gasteiger partial charge in [-0.2, -0.15) is 0 Å². The second kappa shape index (κ2) is 8.17. The number of aliphatic hydroxyl groups excluding tert-OH is 1. The lowest BCUT2D eigenvalue weighted by molar-refractivity contribution is 0.198. The molecule has 3 N–H and O–H groups in total. The van der Waals surface area contributed by atoms with Crippen molar-refractivity contribution in [1.82, 2.24) is 24.7 Å². The fraction of sp³-hybridized carbons (Fsp3) is 0.421. The highest BCUT2D eigenvalue weighted by Crippen LogP contribution is 2.28. The molecule has 1 saturated heterocycles. The van der Waals surface area contributed by atoms with E-state index in [1.165, 1.54) is 19.2 Å². The van der Waals surface area contributed by atoms with Crippen molar-refractivity contribution >= 4 is 32.7 Å². The van der Waals surface area contributed by atoms with Crippen LogP contribution < -0.4 is 14.5 Å². The van der Waals surface area contributed by atoms with Crippen LogP contribution in [0, 0.1) is 0 Å². The van der Waals surface area contributed by atoms with E-state index in [2.05, 4.69) is 34.5 Å². The maximum atomic E-state index is 12.3. The maximum Gasteiger partial charge on any atom is 0.242 e. The molecule has 30 heavy (non-hydrogen) atoms. The Hall–Kier alpha value is -2.76. The van der Waals surface area contributed by atoms with Crippen LogP contribution in [0.3, 0.4) is 0 Å². The van der Waals surface area contributed by atoms with Crippen LogP contribution in [0.4, 0.5) is 11.6 Å². The van der Waals surface area contributed by atoms with Gasteiger partial charge in [0, 0.05) is 45.1 Å². The fourth-order valence-corrected chi connectivity index (χ4v) is 4.67. The van der Waals surface area contributed by atoms with Gasteiger partial charge in [-0.15, -0.1) is 0 Å². The number of fused-ring (bicyclic) bond motifs is 1. The topological polar surface area (TPSA) is 127 Å². The lowest BCUT2D eigenvalue weighted by Gasteiger charge is -2.26. The van der Waals surface area contributed by atoms with Gasteiger partial charge in [0.15, 0.2) is 0 Å². The Morgan fingerprint density at radius 3 is 2.90 bits per heavy atom. The number of nitrogens with zero attached hydrogens (tertiary/aromatic N) is 5. The summed E-state index contributed by atoms with van der Waals surface area (Å²) in [6.45, 7) is 3.12. The summed E-state index contributed by atoms with van der Waals surface area (Å²) in [4.78, 5) is 20.5. The normalized spacial score (nSPS) is 18.1. The number of likely N-dealkylation sites (N-methyl/N-ethyl adjacent to an activating group) is 1. The van der Waals surface area contributed by atoms with Crippen molar-refractivity contribution in [2.75, 3.05) is 36.5 Å². The number of sulfonamides is 1. The minimum Gasteiger partial charge on any atom is -0.392 e. The molecule has 4 heterocycles. The summed E-state index contributed by atoms with van der Waals surface area (Å²) in [5.41, 5.74) is 0.819. The number of hydrogen-bond donors (Lipinski definition) is 3. The maximum absolute atomic E-state index is 12.3. The number of pyridine rings is 1. The molecule has 0 radical (unpaired) electrons. The Kier molecular flexibility index (Phi) is 5.58. The second-order valence-electron chi connectivity index (χ2n) is 7.49. The average Bonchev–Trinajstić information content (AvgIpc) is 3.41. The molecule has 10 nitrogen and oxygen atoms in total. The minimum atomic E-state index is -3.69. The number of anilines is 2. The quantitative estimate of drug-likeness (QED) is 0.500. The molecule has 0 saturated carbocycles. The van der Waals surface area contributed by atoms with E-state index in [9.17, 15) is 13.5 Å². The molecular weight excluding hydrogens is 406 g/mol. The molecule has 4 rings (SSSR count). The third kappa shape index (κ3) is 4.09. The highest BCUT2D eigenvalue weighted by Gasteiger charge is 2.28. The zero-order chi connectivity index (χ0) is 21.3. The summed E-state index contributed by atoms with van der Waals surface area (Å²) in [7, 11) is -1.73. The van der Waals surface area contributed by atoms with Crippen molar-refractivity contribution in [1.29, 1.82) is 0 Å². The van der Waals surface area contributed by atoms with E-state index in [1.807, 2.05) is 19.3 Å². The number of nitrogens with one attached hydrogen (secondary N) is 2. The molecule has 0 bridgehead atoms. The molecule has 2 atom stereocenters. The van der Waals surface area contributed by atoms with Crippen LogP contribution in [0.2, 0.25) is 0 Å². The first-order chi connectivity index (χ1) is 14.3. The van der Waals surface area contributed by atoms with E-state index in [0.29, 0.717) is 5.82 Å². The fourth-order valence-electron chi connectivity index (χ4n) is 3.60. The van der Waals surface area contributed by atoms with Gasteiger partial charge in [-0.05, 0) is 31.5 Å². The van der Waals surface area contributed by atoms with E-state index >= 15 is 0 Å². The predicted octanol–water partition coefficient (Wildman–Crippen LogP) is 0.727. The molecule has 1 fully saturated rings. The number of hydrogen-bond acceptors (Lipinski definition) is 8. The van der Waals surface area contributed by atoms with Crippen molar-refractivity contribution in [2.24, 2.45) is 0 Å². The monoisotopic (exact) mass is 431 g/mol. The Bertz CT molecular complexity index is 1110. The van der Waals surface area contributed by atoms with Gasteiger partial charge in [0.1, 0.15) is 28.5 Å². The third-order valence-electron chi connectivity index (χ3n) is 5.30. The van der Waals surface area contributed by atoms with Crippen molar-refractivity contribution in [2.45, 2.75) is 30.4 Å². The van der Waals surface area contributed by atoms with Gasteiger partial charge in [0.05, 0.1) is 11.5 Å².